The Labute approximate surface area is 87.2 Å². The molecule has 0 fully saturated rings. The third-order valence-corrected chi connectivity index (χ3v) is 0.175. The second kappa shape index (κ2) is 15.7. The minimum atomic E-state index is -0.981. The fourth-order valence-corrected chi connectivity index (χ4v) is 0. The van der Waals surface area contributed by atoms with E-state index in [-0.39, 0.29) is 59.3 Å². The molecule has 0 rings (SSSR count). The molecule has 44 valence electrons. The minimum absolute atomic E-state index is 0. The van der Waals surface area contributed by atoms with Gasteiger partial charge < -0.3 is 5.11 Å². The molecule has 0 saturated carbocycles. The molecule has 0 aliphatic rings. The summed E-state index contributed by atoms with van der Waals surface area (Å²) < 4.78 is 0. The van der Waals surface area contributed by atoms with E-state index in [1.165, 1.54) is 0 Å². The van der Waals surface area contributed by atoms with Crippen LogP contribution < -0.4 is 0 Å². The summed E-state index contributed by atoms with van der Waals surface area (Å²) in [6.45, 7) is 2.96. The summed E-state index contributed by atoms with van der Waals surface area (Å²) >= 11 is 0. The molecule has 0 amide bonds. The predicted octanol–water partition coefficient (Wildman–Crippen LogP) is -1.15. The standard InChI is InChI=1S/C3H4O2.Al.ClH.Na.4H/c1-2-3(4)5;;;;;;;/h2H,1H2,(H,4,5);;1H;;;;;. The molecule has 0 aromatic carbocycles. The Morgan fingerprint density at radius 1 is 1.62 bits per heavy atom. The number of aliphatic carboxylic acids is 1. The predicted molar refractivity (Wildman–Crippen MR) is 42.2 cm³/mol. The van der Waals surface area contributed by atoms with Gasteiger partial charge in [-0.3, -0.25) is 0 Å². The Kier molecular flexibility index (Phi) is 45.1. The molecule has 0 saturated heterocycles. The van der Waals surface area contributed by atoms with Crippen LogP contribution in [0, 0.1) is 0 Å². The summed E-state index contributed by atoms with van der Waals surface area (Å²) in [4.78, 5) is 9.25. The van der Waals surface area contributed by atoms with Crippen LogP contribution in [-0.2, 0) is 4.79 Å². The number of carboxylic acid groups (broad SMARTS) is 1. The van der Waals surface area contributed by atoms with Gasteiger partial charge in [0.1, 0.15) is 0 Å². The van der Waals surface area contributed by atoms with Crippen LogP contribution >= 0.6 is 12.4 Å². The molecule has 0 aliphatic carbocycles. The van der Waals surface area contributed by atoms with Gasteiger partial charge >= 0.3 is 35.5 Å². The molecule has 0 aromatic rings. The molecule has 1 N–H and O–H groups in total. The first-order chi connectivity index (χ1) is 2.27. The van der Waals surface area contributed by atoms with E-state index in [1.54, 1.807) is 0 Å². The molecule has 0 heterocycles. The van der Waals surface area contributed by atoms with E-state index in [4.69, 9.17) is 5.11 Å². The average Bonchev–Trinajstić information content (AvgIpc) is 1.38. The maximum atomic E-state index is 9.25. The number of carboxylic acids is 1. The summed E-state index contributed by atoms with van der Waals surface area (Å²) in [5.74, 6) is -0.981. The molecule has 5 heteroatoms. The normalized spacial score (nSPS) is 4.00. The number of hydrogen-bond donors (Lipinski definition) is 1. The molecule has 0 bridgehead atoms. The van der Waals surface area contributed by atoms with Crippen LogP contribution in [0.15, 0.2) is 12.7 Å². The van der Waals surface area contributed by atoms with Crippen molar-refractivity contribution in [1.82, 2.24) is 0 Å². The van der Waals surface area contributed by atoms with Crippen LogP contribution in [0.2, 0.25) is 0 Å². The van der Waals surface area contributed by atoms with Crippen molar-refractivity contribution in [2.24, 2.45) is 0 Å². The molecule has 0 spiro atoms. The van der Waals surface area contributed by atoms with Gasteiger partial charge in [-0.1, -0.05) is 6.58 Å². The summed E-state index contributed by atoms with van der Waals surface area (Å²) in [7, 11) is 0. The molecule has 8 heavy (non-hydrogen) atoms. The van der Waals surface area contributed by atoms with Crippen LogP contribution in [0.4, 0.5) is 0 Å². The van der Waals surface area contributed by atoms with E-state index in [1.807, 2.05) is 0 Å². The third kappa shape index (κ3) is 27.8. The maximum absolute atomic E-state index is 9.25. The van der Waals surface area contributed by atoms with Gasteiger partial charge in [0.15, 0.2) is 17.4 Å². The van der Waals surface area contributed by atoms with Crippen LogP contribution in [-0.4, -0.2) is 58.0 Å². The van der Waals surface area contributed by atoms with Crippen molar-refractivity contribution in [2.45, 2.75) is 0 Å². The second-order valence-corrected chi connectivity index (χ2v) is 0.542. The number of carbonyl (C=O) groups is 1. The van der Waals surface area contributed by atoms with Gasteiger partial charge in [-0.2, -0.15) is 0 Å². The monoisotopic (exact) mass is 162 g/mol. The fraction of sp³-hybridized carbons (Fsp3) is 0. The van der Waals surface area contributed by atoms with Crippen molar-refractivity contribution in [2.75, 3.05) is 0 Å². The Morgan fingerprint density at radius 2 is 1.75 bits per heavy atom. The van der Waals surface area contributed by atoms with Crippen LogP contribution in [0.25, 0.3) is 0 Å². The van der Waals surface area contributed by atoms with E-state index in [9.17, 15) is 4.79 Å². The summed E-state index contributed by atoms with van der Waals surface area (Å²) in [6, 6.07) is 0. The Morgan fingerprint density at radius 3 is 1.75 bits per heavy atom. The fourth-order valence-electron chi connectivity index (χ4n) is 0. The quantitative estimate of drug-likeness (QED) is 0.390. The first-order valence-electron chi connectivity index (χ1n) is 1.12. The second-order valence-electron chi connectivity index (χ2n) is 0.542. The van der Waals surface area contributed by atoms with Crippen molar-refractivity contribution in [1.29, 1.82) is 0 Å². The van der Waals surface area contributed by atoms with Crippen molar-refractivity contribution in [3.8, 4) is 0 Å². The SMILES string of the molecule is C=CC(=O)O.Cl.[AlH3].[NaH]. The zero-order valence-electron chi connectivity index (χ0n) is 3.05. The Bertz CT molecular complexity index is 68.3. The zero-order chi connectivity index (χ0) is 4.28. The van der Waals surface area contributed by atoms with E-state index in [0.717, 1.165) is 6.08 Å². The van der Waals surface area contributed by atoms with Gasteiger partial charge in [0.05, 0.1) is 0 Å². The van der Waals surface area contributed by atoms with Crippen molar-refractivity contribution >= 4 is 65.3 Å². The molecular weight excluding hydrogens is 153 g/mol. The average molecular weight is 163 g/mol. The van der Waals surface area contributed by atoms with Crippen LogP contribution in [0.5, 0.6) is 0 Å². The van der Waals surface area contributed by atoms with Gasteiger partial charge in [0.25, 0.3) is 0 Å². The van der Waals surface area contributed by atoms with Crippen molar-refractivity contribution in [3.05, 3.63) is 12.7 Å². The van der Waals surface area contributed by atoms with E-state index in [0.29, 0.717) is 0 Å². The Balaban J connectivity index is -0.0000000267. The molecular formula is C3H9AlClNaO2. The van der Waals surface area contributed by atoms with Gasteiger partial charge in [0.2, 0.25) is 0 Å². The summed E-state index contributed by atoms with van der Waals surface area (Å²) in [5, 5.41) is 7.60. The molecule has 0 aromatic heterocycles. The molecule has 0 unspecified atom stereocenters. The van der Waals surface area contributed by atoms with Gasteiger partial charge in [-0.25, -0.2) is 4.79 Å². The van der Waals surface area contributed by atoms with Crippen molar-refractivity contribution < 1.29 is 9.90 Å². The zero-order valence-corrected chi connectivity index (χ0v) is 3.86. The van der Waals surface area contributed by atoms with Crippen LogP contribution in [0.3, 0.4) is 0 Å². The van der Waals surface area contributed by atoms with Gasteiger partial charge in [-0.15, -0.1) is 12.4 Å². The van der Waals surface area contributed by atoms with E-state index < -0.39 is 5.97 Å². The van der Waals surface area contributed by atoms with Gasteiger partial charge in [0, 0.05) is 6.08 Å². The number of rotatable bonds is 1. The first kappa shape index (κ1) is 23.0. The van der Waals surface area contributed by atoms with E-state index in [2.05, 4.69) is 6.58 Å². The molecule has 0 radical (unpaired) electrons. The van der Waals surface area contributed by atoms with Gasteiger partial charge in [-0.05, 0) is 0 Å². The Hall–Kier alpha value is 1.03. The van der Waals surface area contributed by atoms with Crippen molar-refractivity contribution in [3.63, 3.8) is 0 Å². The van der Waals surface area contributed by atoms with Crippen LogP contribution in [0.1, 0.15) is 0 Å². The first-order valence-corrected chi connectivity index (χ1v) is 1.12. The third-order valence-electron chi connectivity index (χ3n) is 0.175. The molecule has 2 nitrogen and oxygen atoms in total. The topological polar surface area (TPSA) is 37.3 Å². The molecule has 0 atom stereocenters. The number of halogens is 1. The van der Waals surface area contributed by atoms with E-state index >= 15 is 0 Å². The summed E-state index contributed by atoms with van der Waals surface area (Å²) in [6.07, 6.45) is 0.833. The molecule has 0 aliphatic heterocycles. The number of hydrogen-bond acceptors (Lipinski definition) is 1. The summed E-state index contributed by atoms with van der Waals surface area (Å²) in [5.41, 5.74) is 0.